The van der Waals surface area contributed by atoms with Crippen LogP contribution in [0.3, 0.4) is 0 Å². The van der Waals surface area contributed by atoms with Gasteiger partial charge in [0.1, 0.15) is 17.9 Å². The number of fused-ring (bicyclic) bond motifs is 1. The zero-order valence-electron chi connectivity index (χ0n) is 13.9. The highest BCUT2D eigenvalue weighted by molar-refractivity contribution is 5.84. The highest BCUT2D eigenvalue weighted by Gasteiger charge is 2.19. The van der Waals surface area contributed by atoms with Gasteiger partial charge in [-0.05, 0) is 39.3 Å². The van der Waals surface area contributed by atoms with Gasteiger partial charge < -0.3 is 14.8 Å². The fourth-order valence-electron chi connectivity index (χ4n) is 2.55. The molecule has 0 bridgehead atoms. The third-order valence-electron chi connectivity index (χ3n) is 3.80. The Bertz CT molecular complexity index is 593. The smallest absolute Gasteiger partial charge is 0.145 e. The van der Waals surface area contributed by atoms with E-state index in [4.69, 9.17) is 9.47 Å². The summed E-state index contributed by atoms with van der Waals surface area (Å²) in [6, 6.07) is 10.4. The number of nitrogens with zero attached hydrogens (tertiary/aromatic N) is 1. The van der Waals surface area contributed by atoms with Gasteiger partial charge in [0.15, 0.2) is 0 Å². The van der Waals surface area contributed by atoms with Crippen LogP contribution in [0, 0.1) is 0 Å². The first kappa shape index (κ1) is 16.7. The summed E-state index contributed by atoms with van der Waals surface area (Å²) in [6.07, 6.45) is 2.75. The zero-order chi connectivity index (χ0) is 16.0. The van der Waals surface area contributed by atoms with Gasteiger partial charge in [0, 0.05) is 31.3 Å². The van der Waals surface area contributed by atoms with E-state index in [-0.39, 0.29) is 5.60 Å². The minimum Gasteiger partial charge on any atom is -0.490 e. The maximum absolute atomic E-state index is 5.87. The minimum atomic E-state index is -0.104. The summed E-state index contributed by atoms with van der Waals surface area (Å²) in [6.45, 7) is 7.78. The van der Waals surface area contributed by atoms with Crippen molar-refractivity contribution < 1.29 is 9.47 Å². The molecule has 1 heterocycles. The summed E-state index contributed by atoms with van der Waals surface area (Å²) >= 11 is 0. The number of ether oxygens (including phenoxy) is 2. The SMILES string of the molecule is COC(C)(C)C[C@@H](C)NCCOc1cccc2cccnc12. The van der Waals surface area contributed by atoms with Crippen LogP contribution in [0.1, 0.15) is 27.2 Å². The number of hydrogen-bond donors (Lipinski definition) is 1. The normalized spacial score (nSPS) is 13.3. The molecule has 4 heteroatoms. The van der Waals surface area contributed by atoms with Crippen LogP contribution < -0.4 is 10.1 Å². The van der Waals surface area contributed by atoms with Crippen LogP contribution in [0.4, 0.5) is 0 Å². The van der Waals surface area contributed by atoms with E-state index in [0.29, 0.717) is 12.6 Å². The van der Waals surface area contributed by atoms with E-state index in [0.717, 1.165) is 29.6 Å². The summed E-state index contributed by atoms with van der Waals surface area (Å²) in [5, 5.41) is 4.57. The Morgan fingerprint density at radius 1 is 1.23 bits per heavy atom. The topological polar surface area (TPSA) is 43.4 Å². The lowest BCUT2D eigenvalue weighted by Gasteiger charge is -2.27. The molecule has 2 aromatic rings. The van der Waals surface area contributed by atoms with Gasteiger partial charge in [0.05, 0.1) is 5.60 Å². The molecule has 1 aromatic heterocycles. The molecule has 0 unspecified atom stereocenters. The Morgan fingerprint density at radius 2 is 2.00 bits per heavy atom. The molecule has 22 heavy (non-hydrogen) atoms. The van der Waals surface area contributed by atoms with Gasteiger partial charge in [-0.25, -0.2) is 0 Å². The Morgan fingerprint density at radius 3 is 2.77 bits per heavy atom. The van der Waals surface area contributed by atoms with Gasteiger partial charge in [-0.3, -0.25) is 4.98 Å². The largest absolute Gasteiger partial charge is 0.490 e. The van der Waals surface area contributed by atoms with Gasteiger partial charge >= 0.3 is 0 Å². The molecule has 0 aliphatic rings. The van der Waals surface area contributed by atoms with E-state index in [1.54, 1.807) is 13.3 Å². The number of hydrogen-bond acceptors (Lipinski definition) is 4. The standard InChI is InChI=1S/C18H26N2O2/c1-14(13-18(2,3)21-4)19-11-12-22-16-9-5-7-15-8-6-10-20-17(15)16/h5-10,14,19H,11-13H2,1-4H3/t14-/m1/s1. The number of rotatable bonds is 8. The van der Waals surface area contributed by atoms with Crippen LogP contribution in [0.5, 0.6) is 5.75 Å². The Balaban J connectivity index is 1.81. The average molecular weight is 302 g/mol. The third kappa shape index (κ3) is 4.68. The van der Waals surface area contributed by atoms with E-state index in [9.17, 15) is 0 Å². The molecule has 1 aromatic carbocycles. The molecule has 0 saturated heterocycles. The average Bonchev–Trinajstić information content (AvgIpc) is 2.51. The monoisotopic (exact) mass is 302 g/mol. The second-order valence-corrected chi connectivity index (χ2v) is 6.20. The Hall–Kier alpha value is -1.65. The molecule has 0 aliphatic heterocycles. The molecular weight excluding hydrogens is 276 g/mol. The molecule has 0 spiro atoms. The first-order valence-corrected chi connectivity index (χ1v) is 7.77. The molecule has 120 valence electrons. The highest BCUT2D eigenvalue weighted by Crippen LogP contribution is 2.22. The van der Waals surface area contributed by atoms with Crippen LogP contribution in [-0.2, 0) is 4.74 Å². The van der Waals surface area contributed by atoms with Gasteiger partial charge in [-0.2, -0.15) is 0 Å². The summed E-state index contributed by atoms with van der Waals surface area (Å²) in [4.78, 5) is 4.39. The van der Waals surface area contributed by atoms with Gasteiger partial charge in [-0.15, -0.1) is 0 Å². The van der Waals surface area contributed by atoms with Gasteiger partial charge in [0.25, 0.3) is 0 Å². The first-order valence-electron chi connectivity index (χ1n) is 7.77. The van der Waals surface area contributed by atoms with Crippen molar-refractivity contribution >= 4 is 10.9 Å². The fourth-order valence-corrected chi connectivity index (χ4v) is 2.55. The van der Waals surface area contributed by atoms with E-state index >= 15 is 0 Å². The van der Waals surface area contributed by atoms with Crippen molar-refractivity contribution in [3.8, 4) is 5.75 Å². The van der Waals surface area contributed by atoms with Gasteiger partial charge in [-0.1, -0.05) is 18.2 Å². The van der Waals surface area contributed by atoms with E-state index in [2.05, 4.69) is 31.1 Å². The molecule has 0 saturated carbocycles. The van der Waals surface area contributed by atoms with Crippen molar-refractivity contribution in [2.75, 3.05) is 20.3 Å². The fraction of sp³-hybridized carbons (Fsp3) is 0.500. The van der Waals surface area contributed by atoms with Crippen LogP contribution >= 0.6 is 0 Å². The summed E-state index contributed by atoms with van der Waals surface area (Å²) in [5.74, 6) is 0.838. The van der Waals surface area contributed by atoms with Crippen LogP contribution in [0.15, 0.2) is 36.5 Å². The lowest BCUT2D eigenvalue weighted by atomic mass is 10.00. The summed E-state index contributed by atoms with van der Waals surface area (Å²) in [7, 11) is 1.75. The van der Waals surface area contributed by atoms with Crippen molar-refractivity contribution in [1.29, 1.82) is 0 Å². The van der Waals surface area contributed by atoms with Crippen molar-refractivity contribution in [3.63, 3.8) is 0 Å². The van der Waals surface area contributed by atoms with Crippen molar-refractivity contribution in [1.82, 2.24) is 10.3 Å². The Kier molecular flexibility index (Phi) is 5.75. The predicted octanol–water partition coefficient (Wildman–Crippen LogP) is 3.41. The zero-order valence-corrected chi connectivity index (χ0v) is 13.9. The number of para-hydroxylation sites is 1. The maximum atomic E-state index is 5.87. The van der Waals surface area contributed by atoms with Crippen molar-refractivity contribution in [2.45, 2.75) is 38.8 Å². The molecule has 4 nitrogen and oxygen atoms in total. The number of benzene rings is 1. The number of methoxy groups -OCH3 is 1. The molecule has 0 amide bonds. The van der Waals surface area contributed by atoms with E-state index in [1.807, 2.05) is 30.3 Å². The second-order valence-electron chi connectivity index (χ2n) is 6.20. The maximum Gasteiger partial charge on any atom is 0.145 e. The minimum absolute atomic E-state index is 0.104. The molecule has 0 fully saturated rings. The molecule has 0 aliphatic carbocycles. The van der Waals surface area contributed by atoms with Crippen molar-refractivity contribution in [2.24, 2.45) is 0 Å². The van der Waals surface area contributed by atoms with Gasteiger partial charge in [0.2, 0.25) is 0 Å². The van der Waals surface area contributed by atoms with Crippen LogP contribution in [0.25, 0.3) is 10.9 Å². The molecule has 0 radical (unpaired) electrons. The summed E-state index contributed by atoms with van der Waals surface area (Å²) < 4.78 is 11.3. The van der Waals surface area contributed by atoms with E-state index in [1.165, 1.54) is 0 Å². The predicted molar refractivity (Wildman–Crippen MR) is 90.4 cm³/mol. The lowest BCUT2D eigenvalue weighted by Crippen LogP contribution is -2.37. The molecular formula is C18H26N2O2. The van der Waals surface area contributed by atoms with Crippen LogP contribution in [-0.4, -0.2) is 36.9 Å². The molecule has 1 atom stereocenters. The quantitative estimate of drug-likeness (QED) is 0.759. The highest BCUT2D eigenvalue weighted by atomic mass is 16.5. The second kappa shape index (κ2) is 7.56. The van der Waals surface area contributed by atoms with Crippen LogP contribution in [0.2, 0.25) is 0 Å². The third-order valence-corrected chi connectivity index (χ3v) is 3.80. The number of pyridine rings is 1. The van der Waals surface area contributed by atoms with Crippen molar-refractivity contribution in [3.05, 3.63) is 36.5 Å². The van der Waals surface area contributed by atoms with E-state index < -0.39 is 0 Å². The first-order chi connectivity index (χ1) is 10.5. The molecule has 1 N–H and O–H groups in total. The summed E-state index contributed by atoms with van der Waals surface area (Å²) in [5.41, 5.74) is 0.811. The number of nitrogens with one attached hydrogen (secondary N) is 1. The number of aromatic nitrogens is 1. The Labute approximate surface area is 132 Å². The molecule has 2 rings (SSSR count). The lowest BCUT2D eigenvalue weighted by molar-refractivity contribution is 0.00839.